The van der Waals surface area contributed by atoms with Gasteiger partial charge in [0.05, 0.1) is 0 Å². The van der Waals surface area contributed by atoms with Crippen molar-refractivity contribution >= 4 is 0 Å². The Kier molecular flexibility index (Phi) is 4.58. The molecule has 0 amide bonds. The highest BCUT2D eigenvalue weighted by molar-refractivity contribution is 4.84. The van der Waals surface area contributed by atoms with Gasteiger partial charge in [-0.3, -0.25) is 0 Å². The molecule has 2 saturated carbocycles. The average Bonchev–Trinajstić information content (AvgIpc) is 2.89. The zero-order chi connectivity index (χ0) is 12.2. The highest BCUT2D eigenvalue weighted by Crippen LogP contribution is 2.29. The first kappa shape index (κ1) is 12.9. The maximum Gasteiger partial charge on any atom is 0.00683 e. The Labute approximate surface area is 113 Å². The van der Waals surface area contributed by atoms with E-state index in [1.54, 1.807) is 0 Å². The van der Waals surface area contributed by atoms with Crippen molar-refractivity contribution in [2.24, 2.45) is 11.8 Å². The van der Waals surface area contributed by atoms with Gasteiger partial charge in [-0.1, -0.05) is 25.7 Å². The van der Waals surface area contributed by atoms with Crippen molar-refractivity contribution in [1.82, 2.24) is 10.2 Å². The van der Waals surface area contributed by atoms with Gasteiger partial charge in [0.15, 0.2) is 0 Å². The van der Waals surface area contributed by atoms with E-state index in [0.717, 1.165) is 17.9 Å². The minimum absolute atomic E-state index is 0.890. The van der Waals surface area contributed by atoms with Gasteiger partial charge in [-0.05, 0) is 63.6 Å². The lowest BCUT2D eigenvalue weighted by molar-refractivity contribution is 0.302. The van der Waals surface area contributed by atoms with Gasteiger partial charge >= 0.3 is 0 Å². The molecule has 0 aromatic carbocycles. The van der Waals surface area contributed by atoms with Crippen LogP contribution in [0.25, 0.3) is 0 Å². The fourth-order valence-corrected chi connectivity index (χ4v) is 3.81. The van der Waals surface area contributed by atoms with Crippen molar-refractivity contribution in [2.75, 3.05) is 26.2 Å². The standard InChI is InChI=1S/C16H30N2/c1-2-5-14(4-1)6-3-10-18-11-9-15(13-18)12-17-16-7-8-16/h14-17H,1-13H2. The van der Waals surface area contributed by atoms with Crippen LogP contribution < -0.4 is 5.32 Å². The molecule has 1 saturated heterocycles. The normalized spacial score (nSPS) is 30.3. The Balaban J connectivity index is 1.24. The second kappa shape index (κ2) is 6.38. The minimum Gasteiger partial charge on any atom is -0.314 e. The van der Waals surface area contributed by atoms with Crippen molar-refractivity contribution in [3.05, 3.63) is 0 Å². The van der Waals surface area contributed by atoms with E-state index in [1.807, 2.05) is 0 Å². The predicted molar refractivity (Wildman–Crippen MR) is 76.8 cm³/mol. The van der Waals surface area contributed by atoms with Crippen molar-refractivity contribution < 1.29 is 0 Å². The highest BCUT2D eigenvalue weighted by atomic mass is 15.1. The number of hydrogen-bond acceptors (Lipinski definition) is 2. The van der Waals surface area contributed by atoms with E-state index in [-0.39, 0.29) is 0 Å². The summed E-state index contributed by atoms with van der Waals surface area (Å²) in [5.74, 6) is 2.03. The lowest BCUT2D eigenvalue weighted by Crippen LogP contribution is -2.28. The van der Waals surface area contributed by atoms with Crippen molar-refractivity contribution in [1.29, 1.82) is 0 Å². The SMILES string of the molecule is C1CCC(CCCN2CCC(CNC3CC3)C2)C1. The van der Waals surface area contributed by atoms with Crippen LogP contribution in [0.1, 0.15) is 57.8 Å². The van der Waals surface area contributed by atoms with Gasteiger partial charge in [0, 0.05) is 12.6 Å². The van der Waals surface area contributed by atoms with Gasteiger partial charge < -0.3 is 10.2 Å². The summed E-state index contributed by atoms with van der Waals surface area (Å²) in [7, 11) is 0. The van der Waals surface area contributed by atoms with Gasteiger partial charge in [0.1, 0.15) is 0 Å². The number of nitrogens with one attached hydrogen (secondary N) is 1. The first-order valence-electron chi connectivity index (χ1n) is 8.36. The second-order valence-electron chi connectivity index (χ2n) is 6.93. The molecule has 18 heavy (non-hydrogen) atoms. The number of nitrogens with zero attached hydrogens (tertiary/aromatic N) is 1. The zero-order valence-electron chi connectivity index (χ0n) is 11.9. The molecule has 0 aromatic heterocycles. The summed E-state index contributed by atoms with van der Waals surface area (Å²) < 4.78 is 0. The number of likely N-dealkylation sites (tertiary alicyclic amines) is 1. The molecule has 0 spiro atoms. The summed E-state index contributed by atoms with van der Waals surface area (Å²) in [6.45, 7) is 5.38. The number of rotatable bonds is 7. The predicted octanol–water partition coefficient (Wildman–Crippen LogP) is 3.03. The lowest BCUT2D eigenvalue weighted by Gasteiger charge is -2.17. The molecule has 104 valence electrons. The van der Waals surface area contributed by atoms with Crippen LogP contribution in [-0.4, -0.2) is 37.1 Å². The molecule has 2 aliphatic carbocycles. The highest BCUT2D eigenvalue weighted by Gasteiger charge is 2.26. The largest absolute Gasteiger partial charge is 0.314 e. The van der Waals surface area contributed by atoms with Gasteiger partial charge in [-0.2, -0.15) is 0 Å². The zero-order valence-corrected chi connectivity index (χ0v) is 11.9. The third-order valence-electron chi connectivity index (χ3n) is 5.20. The Morgan fingerprint density at radius 3 is 2.56 bits per heavy atom. The van der Waals surface area contributed by atoms with Crippen LogP contribution >= 0.6 is 0 Å². The molecule has 2 heteroatoms. The lowest BCUT2D eigenvalue weighted by atomic mass is 10.0. The summed E-state index contributed by atoms with van der Waals surface area (Å²) in [6, 6.07) is 0.890. The van der Waals surface area contributed by atoms with Crippen LogP contribution in [0.4, 0.5) is 0 Å². The molecule has 2 nitrogen and oxygen atoms in total. The van der Waals surface area contributed by atoms with Crippen molar-refractivity contribution in [3.8, 4) is 0 Å². The topological polar surface area (TPSA) is 15.3 Å². The van der Waals surface area contributed by atoms with Gasteiger partial charge in [0.25, 0.3) is 0 Å². The molecule has 1 aliphatic heterocycles. The molecule has 1 N–H and O–H groups in total. The minimum atomic E-state index is 0.890. The Morgan fingerprint density at radius 2 is 1.78 bits per heavy atom. The van der Waals surface area contributed by atoms with E-state index in [9.17, 15) is 0 Å². The van der Waals surface area contributed by atoms with Crippen LogP contribution in [0.15, 0.2) is 0 Å². The molecular weight excluding hydrogens is 220 g/mol. The third kappa shape index (κ3) is 3.96. The average molecular weight is 250 g/mol. The Bertz CT molecular complexity index is 243. The van der Waals surface area contributed by atoms with Gasteiger partial charge in [0.2, 0.25) is 0 Å². The summed E-state index contributed by atoms with van der Waals surface area (Å²) >= 11 is 0. The number of hydrogen-bond donors (Lipinski definition) is 1. The molecule has 3 fully saturated rings. The molecule has 0 bridgehead atoms. The molecule has 1 heterocycles. The molecule has 3 rings (SSSR count). The summed E-state index contributed by atoms with van der Waals surface area (Å²) in [4.78, 5) is 2.72. The Morgan fingerprint density at radius 1 is 0.944 bits per heavy atom. The van der Waals surface area contributed by atoms with E-state index in [1.165, 1.54) is 84.0 Å². The molecular formula is C16H30N2. The fourth-order valence-electron chi connectivity index (χ4n) is 3.81. The van der Waals surface area contributed by atoms with E-state index >= 15 is 0 Å². The van der Waals surface area contributed by atoms with Crippen LogP contribution in [0.3, 0.4) is 0 Å². The van der Waals surface area contributed by atoms with Crippen LogP contribution in [0.5, 0.6) is 0 Å². The molecule has 1 atom stereocenters. The maximum absolute atomic E-state index is 3.69. The first-order chi connectivity index (χ1) is 8.90. The van der Waals surface area contributed by atoms with E-state index in [4.69, 9.17) is 0 Å². The van der Waals surface area contributed by atoms with Crippen molar-refractivity contribution in [3.63, 3.8) is 0 Å². The fraction of sp³-hybridized carbons (Fsp3) is 1.00. The molecule has 1 unspecified atom stereocenters. The van der Waals surface area contributed by atoms with Crippen LogP contribution in [0, 0.1) is 11.8 Å². The molecule has 3 aliphatic rings. The van der Waals surface area contributed by atoms with Gasteiger partial charge in [-0.25, -0.2) is 0 Å². The first-order valence-corrected chi connectivity index (χ1v) is 8.36. The van der Waals surface area contributed by atoms with Crippen LogP contribution in [0.2, 0.25) is 0 Å². The second-order valence-corrected chi connectivity index (χ2v) is 6.93. The van der Waals surface area contributed by atoms with E-state index in [0.29, 0.717) is 0 Å². The van der Waals surface area contributed by atoms with Gasteiger partial charge in [-0.15, -0.1) is 0 Å². The van der Waals surface area contributed by atoms with Crippen molar-refractivity contribution in [2.45, 2.75) is 63.8 Å². The molecule has 0 aromatic rings. The quantitative estimate of drug-likeness (QED) is 0.747. The molecule has 0 radical (unpaired) electrons. The van der Waals surface area contributed by atoms with E-state index in [2.05, 4.69) is 10.2 Å². The summed E-state index contributed by atoms with van der Waals surface area (Å²) in [5, 5.41) is 3.69. The Hall–Kier alpha value is -0.0800. The van der Waals surface area contributed by atoms with E-state index < -0.39 is 0 Å². The van der Waals surface area contributed by atoms with Crippen LogP contribution in [-0.2, 0) is 0 Å². The smallest absolute Gasteiger partial charge is 0.00683 e. The maximum atomic E-state index is 3.69. The monoisotopic (exact) mass is 250 g/mol. The summed E-state index contributed by atoms with van der Waals surface area (Å²) in [5.41, 5.74) is 0. The summed E-state index contributed by atoms with van der Waals surface area (Å²) in [6.07, 6.45) is 13.3. The third-order valence-corrected chi connectivity index (χ3v) is 5.20.